The predicted octanol–water partition coefficient (Wildman–Crippen LogP) is 5.19. The molecule has 0 saturated heterocycles. The van der Waals surface area contributed by atoms with Crippen molar-refractivity contribution in [3.63, 3.8) is 0 Å². The topological polar surface area (TPSA) is 90.9 Å². The maximum Gasteiger partial charge on any atom is 0.308 e. The molecule has 1 aromatic heterocycles. The van der Waals surface area contributed by atoms with E-state index in [0.717, 1.165) is 39.5 Å². The van der Waals surface area contributed by atoms with Crippen molar-refractivity contribution in [2.75, 3.05) is 52.2 Å². The Kier molecular flexibility index (Phi) is 7.38. The molecule has 4 rings (SSSR count). The Morgan fingerprint density at radius 2 is 1.30 bits per heavy atom. The van der Waals surface area contributed by atoms with Crippen molar-refractivity contribution < 1.29 is 19.4 Å². The molecule has 0 spiro atoms. The Balaban J connectivity index is 1.88. The highest BCUT2D eigenvalue weighted by molar-refractivity contribution is 5.83. The van der Waals surface area contributed by atoms with Crippen LogP contribution in [0.5, 0.6) is 11.5 Å². The molecule has 37 heavy (non-hydrogen) atoms. The third kappa shape index (κ3) is 5.38. The third-order valence-electron chi connectivity index (χ3n) is 6.24. The second-order valence-corrected chi connectivity index (χ2v) is 9.12. The molecule has 8 nitrogen and oxygen atoms in total. The number of nitrogens with zero attached hydrogens (tertiary/aromatic N) is 3. The largest absolute Gasteiger partial charge is 0.496 e. The lowest BCUT2D eigenvalue weighted by atomic mass is 10.0. The second-order valence-electron chi connectivity index (χ2n) is 9.12. The molecule has 4 aromatic rings. The van der Waals surface area contributed by atoms with Crippen LogP contribution in [0.4, 0.5) is 11.4 Å². The van der Waals surface area contributed by atoms with Gasteiger partial charge in [-0.3, -0.25) is 4.79 Å². The number of carboxylic acids is 1. The van der Waals surface area contributed by atoms with Crippen LogP contribution in [-0.2, 0) is 11.2 Å². The fourth-order valence-electron chi connectivity index (χ4n) is 4.22. The van der Waals surface area contributed by atoms with Crippen LogP contribution in [-0.4, -0.2) is 63.5 Å². The number of rotatable bonds is 9. The number of methoxy groups -OCH3 is 2. The summed E-state index contributed by atoms with van der Waals surface area (Å²) >= 11 is 0. The van der Waals surface area contributed by atoms with Crippen molar-refractivity contribution in [2.24, 2.45) is 0 Å². The molecule has 0 aliphatic carbocycles. The van der Waals surface area contributed by atoms with Crippen LogP contribution < -0.4 is 19.3 Å². The number of carbonyl (C=O) groups is 1. The first-order valence-electron chi connectivity index (χ1n) is 11.8. The zero-order valence-electron chi connectivity index (χ0n) is 22.0. The average molecular weight is 501 g/mol. The van der Waals surface area contributed by atoms with Gasteiger partial charge in [0.25, 0.3) is 0 Å². The Morgan fingerprint density at radius 1 is 0.811 bits per heavy atom. The van der Waals surface area contributed by atoms with Gasteiger partial charge in [0.1, 0.15) is 17.3 Å². The Bertz CT molecular complexity index is 1300. The first-order valence-corrected chi connectivity index (χ1v) is 11.8. The lowest BCUT2D eigenvalue weighted by Crippen LogP contribution is -2.08. The minimum atomic E-state index is -0.964. The van der Waals surface area contributed by atoms with Crippen LogP contribution in [0.25, 0.3) is 33.9 Å². The number of aromatic amines is 1. The Hall–Kier alpha value is -4.46. The van der Waals surface area contributed by atoms with Gasteiger partial charge in [0.15, 0.2) is 0 Å². The molecular weight excluding hydrogens is 468 g/mol. The van der Waals surface area contributed by atoms with Crippen LogP contribution in [0.15, 0.2) is 60.7 Å². The fraction of sp³-hybridized carbons (Fsp3) is 0.241. The summed E-state index contributed by atoms with van der Waals surface area (Å²) in [7, 11) is 11.1. The summed E-state index contributed by atoms with van der Waals surface area (Å²) < 4.78 is 11.1. The quantitative estimate of drug-likeness (QED) is 0.327. The normalized spacial score (nSPS) is 10.8. The van der Waals surface area contributed by atoms with Crippen molar-refractivity contribution in [2.45, 2.75) is 6.42 Å². The van der Waals surface area contributed by atoms with Crippen LogP contribution in [0.1, 0.15) is 5.56 Å². The van der Waals surface area contributed by atoms with E-state index in [1.165, 1.54) is 14.2 Å². The van der Waals surface area contributed by atoms with E-state index in [9.17, 15) is 9.90 Å². The molecule has 1 heterocycles. The number of carboxylic acid groups (broad SMARTS) is 1. The van der Waals surface area contributed by atoms with Crippen molar-refractivity contribution in [1.82, 2.24) is 9.97 Å². The first-order chi connectivity index (χ1) is 17.7. The van der Waals surface area contributed by atoms with E-state index in [1.807, 2.05) is 28.2 Å². The number of anilines is 2. The summed E-state index contributed by atoms with van der Waals surface area (Å²) in [4.78, 5) is 24.0. The highest BCUT2D eigenvalue weighted by atomic mass is 16.5. The average Bonchev–Trinajstić information content (AvgIpc) is 3.34. The molecule has 0 atom stereocenters. The highest BCUT2D eigenvalue weighted by Gasteiger charge is 2.20. The molecule has 192 valence electrons. The van der Waals surface area contributed by atoms with Crippen LogP contribution in [0, 0.1) is 0 Å². The van der Waals surface area contributed by atoms with Crippen molar-refractivity contribution >= 4 is 17.3 Å². The Labute approximate surface area is 217 Å². The summed E-state index contributed by atoms with van der Waals surface area (Å²) in [5, 5.41) is 9.36. The van der Waals surface area contributed by atoms with Gasteiger partial charge in [0.2, 0.25) is 0 Å². The first kappa shape index (κ1) is 25.6. The number of aliphatic carboxylic acids is 1. The van der Waals surface area contributed by atoms with E-state index >= 15 is 0 Å². The van der Waals surface area contributed by atoms with Gasteiger partial charge < -0.3 is 29.4 Å². The van der Waals surface area contributed by atoms with Crippen molar-refractivity contribution in [3.05, 3.63) is 66.2 Å². The smallest absolute Gasteiger partial charge is 0.308 e. The van der Waals surface area contributed by atoms with Crippen LogP contribution in [0.2, 0.25) is 0 Å². The minimum Gasteiger partial charge on any atom is -0.496 e. The van der Waals surface area contributed by atoms with Gasteiger partial charge in [-0.1, -0.05) is 24.3 Å². The molecular formula is C29H32N4O4. The molecule has 2 N–H and O–H groups in total. The fourth-order valence-corrected chi connectivity index (χ4v) is 4.22. The number of hydrogen-bond acceptors (Lipinski definition) is 6. The van der Waals surface area contributed by atoms with E-state index in [4.69, 9.17) is 14.5 Å². The highest BCUT2D eigenvalue weighted by Crippen LogP contribution is 2.38. The van der Waals surface area contributed by atoms with Crippen molar-refractivity contribution in [1.29, 1.82) is 0 Å². The lowest BCUT2D eigenvalue weighted by Gasteiger charge is -2.13. The third-order valence-corrected chi connectivity index (χ3v) is 6.24. The Morgan fingerprint density at radius 3 is 1.73 bits per heavy atom. The molecule has 0 bridgehead atoms. The summed E-state index contributed by atoms with van der Waals surface area (Å²) in [5.41, 5.74) is 7.07. The standard InChI is InChI=1S/C29H32N4O4/c1-32(2)21-11-7-18(8-12-21)27-28(19-9-13-22(14-10-19)33(3)4)31-29(30-27)20-15-24(36-5)23(17-26(34)35)25(16-20)37-6/h7-16H,17H2,1-6H3,(H,30,31)(H,34,35). The van der Waals surface area contributed by atoms with Gasteiger partial charge in [-0.2, -0.15) is 0 Å². The summed E-state index contributed by atoms with van der Waals surface area (Å²) in [5.74, 6) is 0.523. The molecule has 0 aliphatic heterocycles. The molecule has 0 fully saturated rings. The van der Waals surface area contributed by atoms with Gasteiger partial charge in [-0.25, -0.2) is 4.98 Å². The predicted molar refractivity (Wildman–Crippen MR) is 148 cm³/mol. The number of imidazole rings is 1. The number of aromatic nitrogens is 2. The molecule has 0 radical (unpaired) electrons. The molecule has 3 aromatic carbocycles. The SMILES string of the molecule is COc1cc(-c2nc(-c3ccc(N(C)C)cc3)c(-c3ccc(N(C)C)cc3)[nH]2)cc(OC)c1CC(=O)O. The summed E-state index contributed by atoms with van der Waals surface area (Å²) in [6, 6.07) is 20.1. The molecule has 0 amide bonds. The number of H-pyrrole nitrogens is 1. The van der Waals surface area contributed by atoms with Crippen molar-refractivity contribution in [3.8, 4) is 45.4 Å². The van der Waals surface area contributed by atoms with Crippen LogP contribution >= 0.6 is 0 Å². The maximum atomic E-state index is 11.4. The van der Waals surface area contributed by atoms with Gasteiger partial charge in [0.05, 0.1) is 32.0 Å². The molecule has 0 unspecified atom stereocenters. The van der Waals surface area contributed by atoms with E-state index in [0.29, 0.717) is 22.9 Å². The maximum absolute atomic E-state index is 11.4. The van der Waals surface area contributed by atoms with E-state index in [1.54, 1.807) is 12.1 Å². The van der Waals surface area contributed by atoms with Crippen LogP contribution in [0.3, 0.4) is 0 Å². The van der Waals surface area contributed by atoms with Gasteiger partial charge in [-0.15, -0.1) is 0 Å². The van der Waals surface area contributed by atoms with Gasteiger partial charge >= 0.3 is 5.97 Å². The van der Waals surface area contributed by atoms with Gasteiger partial charge in [-0.05, 0) is 36.4 Å². The number of hydrogen-bond donors (Lipinski definition) is 2. The number of ether oxygens (including phenoxy) is 2. The zero-order valence-corrected chi connectivity index (χ0v) is 22.0. The van der Waals surface area contributed by atoms with E-state index < -0.39 is 5.97 Å². The number of nitrogens with one attached hydrogen (secondary N) is 1. The summed E-state index contributed by atoms with van der Waals surface area (Å²) in [6.07, 6.45) is -0.211. The van der Waals surface area contributed by atoms with Gasteiger partial charge in [0, 0.05) is 61.8 Å². The monoisotopic (exact) mass is 500 g/mol. The lowest BCUT2D eigenvalue weighted by molar-refractivity contribution is -0.136. The molecule has 0 saturated carbocycles. The second kappa shape index (κ2) is 10.7. The van der Waals surface area contributed by atoms with E-state index in [-0.39, 0.29) is 6.42 Å². The molecule has 8 heteroatoms. The minimum absolute atomic E-state index is 0.211. The van der Waals surface area contributed by atoms with E-state index in [2.05, 4.69) is 63.3 Å². The molecule has 0 aliphatic rings. The number of benzene rings is 3. The zero-order chi connectivity index (χ0) is 26.7. The summed E-state index contributed by atoms with van der Waals surface area (Å²) in [6.45, 7) is 0.